The van der Waals surface area contributed by atoms with E-state index in [2.05, 4.69) is 37.9 Å². The number of methoxy groups -OCH3 is 1. The third-order valence-electron chi connectivity index (χ3n) is 2.64. The minimum Gasteiger partial charge on any atom is -0.390 e. The van der Waals surface area contributed by atoms with Crippen LogP contribution in [0.25, 0.3) is 0 Å². The minimum absolute atomic E-state index is 0.306. The average molecular weight is 260 g/mol. The lowest BCUT2D eigenvalue weighted by Gasteiger charge is -2.26. The molecule has 0 aromatic heterocycles. The van der Waals surface area contributed by atoms with Crippen molar-refractivity contribution in [1.82, 2.24) is 10.2 Å². The topological polar surface area (TPSA) is 44.7 Å². The van der Waals surface area contributed by atoms with Crippen LogP contribution >= 0.6 is 0 Å². The molecule has 0 aromatic carbocycles. The summed E-state index contributed by atoms with van der Waals surface area (Å²) in [5.41, 5.74) is 0. The molecule has 0 amide bonds. The SMILES string of the molecule is COCCN(CC(C)C)CC(O)CNCC(C)C. The number of nitrogens with one attached hydrogen (secondary N) is 1. The zero-order chi connectivity index (χ0) is 14.0. The van der Waals surface area contributed by atoms with Gasteiger partial charge in [-0.3, -0.25) is 4.90 Å². The second-order valence-corrected chi connectivity index (χ2v) is 5.85. The van der Waals surface area contributed by atoms with Crippen molar-refractivity contribution in [3.05, 3.63) is 0 Å². The van der Waals surface area contributed by atoms with Crippen molar-refractivity contribution in [3.8, 4) is 0 Å². The van der Waals surface area contributed by atoms with Gasteiger partial charge in [0, 0.05) is 33.3 Å². The molecular formula is C14H32N2O2. The Balaban J connectivity index is 3.89. The van der Waals surface area contributed by atoms with Crippen molar-refractivity contribution in [3.63, 3.8) is 0 Å². The Bertz CT molecular complexity index is 187. The Kier molecular flexibility index (Phi) is 10.6. The fourth-order valence-corrected chi connectivity index (χ4v) is 1.90. The molecule has 0 saturated heterocycles. The van der Waals surface area contributed by atoms with Crippen LogP contribution in [0.4, 0.5) is 0 Å². The van der Waals surface area contributed by atoms with Gasteiger partial charge in [0.15, 0.2) is 0 Å². The van der Waals surface area contributed by atoms with Crippen LogP contribution < -0.4 is 5.32 Å². The van der Waals surface area contributed by atoms with Crippen molar-refractivity contribution >= 4 is 0 Å². The molecule has 18 heavy (non-hydrogen) atoms. The maximum Gasteiger partial charge on any atom is 0.0791 e. The average Bonchev–Trinajstić information content (AvgIpc) is 2.24. The summed E-state index contributed by atoms with van der Waals surface area (Å²) in [6.07, 6.45) is -0.306. The zero-order valence-electron chi connectivity index (χ0n) is 12.8. The van der Waals surface area contributed by atoms with Gasteiger partial charge in [-0.1, -0.05) is 27.7 Å². The highest BCUT2D eigenvalue weighted by Gasteiger charge is 2.12. The van der Waals surface area contributed by atoms with Gasteiger partial charge in [0.05, 0.1) is 12.7 Å². The fraction of sp³-hybridized carbons (Fsp3) is 1.00. The summed E-state index contributed by atoms with van der Waals surface area (Å²) in [7, 11) is 1.72. The number of ether oxygens (including phenoxy) is 1. The van der Waals surface area contributed by atoms with E-state index in [1.54, 1.807) is 7.11 Å². The van der Waals surface area contributed by atoms with E-state index in [-0.39, 0.29) is 6.10 Å². The largest absolute Gasteiger partial charge is 0.390 e. The second-order valence-electron chi connectivity index (χ2n) is 5.85. The lowest BCUT2D eigenvalue weighted by atomic mass is 10.2. The van der Waals surface area contributed by atoms with E-state index in [0.717, 1.165) is 26.2 Å². The maximum absolute atomic E-state index is 10.00. The first-order valence-corrected chi connectivity index (χ1v) is 7.05. The quantitative estimate of drug-likeness (QED) is 0.586. The van der Waals surface area contributed by atoms with Crippen molar-refractivity contribution in [2.24, 2.45) is 11.8 Å². The van der Waals surface area contributed by atoms with Crippen LogP contribution in [0, 0.1) is 11.8 Å². The highest BCUT2D eigenvalue weighted by Crippen LogP contribution is 2.00. The highest BCUT2D eigenvalue weighted by molar-refractivity contribution is 4.68. The van der Waals surface area contributed by atoms with Crippen molar-refractivity contribution < 1.29 is 9.84 Å². The van der Waals surface area contributed by atoms with Crippen LogP contribution in [0.1, 0.15) is 27.7 Å². The molecule has 1 unspecified atom stereocenters. The summed E-state index contributed by atoms with van der Waals surface area (Å²) in [6, 6.07) is 0. The van der Waals surface area contributed by atoms with E-state index in [4.69, 9.17) is 4.74 Å². The van der Waals surface area contributed by atoms with Gasteiger partial charge in [-0.15, -0.1) is 0 Å². The van der Waals surface area contributed by atoms with Crippen LogP contribution in [-0.2, 0) is 4.74 Å². The second kappa shape index (κ2) is 10.7. The monoisotopic (exact) mass is 260 g/mol. The first-order chi connectivity index (χ1) is 8.45. The summed E-state index contributed by atoms with van der Waals surface area (Å²) >= 11 is 0. The molecule has 0 rings (SSSR count). The van der Waals surface area contributed by atoms with Crippen LogP contribution in [0.15, 0.2) is 0 Å². The summed E-state index contributed by atoms with van der Waals surface area (Å²) in [5.74, 6) is 1.23. The molecule has 0 fully saturated rings. The van der Waals surface area contributed by atoms with Crippen LogP contribution in [0.2, 0.25) is 0 Å². The van der Waals surface area contributed by atoms with E-state index in [1.165, 1.54) is 0 Å². The van der Waals surface area contributed by atoms with E-state index in [9.17, 15) is 5.11 Å². The molecule has 2 N–H and O–H groups in total. The summed E-state index contributed by atoms with van der Waals surface area (Å²) in [6.45, 7) is 13.7. The van der Waals surface area contributed by atoms with E-state index >= 15 is 0 Å². The summed E-state index contributed by atoms with van der Waals surface area (Å²) in [4.78, 5) is 2.27. The molecule has 0 aliphatic heterocycles. The predicted molar refractivity (Wildman–Crippen MR) is 76.9 cm³/mol. The molecule has 0 aliphatic rings. The van der Waals surface area contributed by atoms with Crippen LogP contribution in [0.3, 0.4) is 0 Å². The number of rotatable bonds is 11. The molecule has 0 bridgehead atoms. The Hall–Kier alpha value is -0.160. The third-order valence-corrected chi connectivity index (χ3v) is 2.64. The summed E-state index contributed by atoms with van der Waals surface area (Å²) < 4.78 is 5.11. The van der Waals surface area contributed by atoms with E-state index < -0.39 is 0 Å². The number of aliphatic hydroxyl groups is 1. The zero-order valence-corrected chi connectivity index (χ0v) is 12.8. The lowest BCUT2D eigenvalue weighted by molar-refractivity contribution is 0.0818. The Morgan fingerprint density at radius 2 is 1.72 bits per heavy atom. The van der Waals surface area contributed by atoms with Crippen LogP contribution in [0.5, 0.6) is 0 Å². The van der Waals surface area contributed by atoms with Gasteiger partial charge in [-0.25, -0.2) is 0 Å². The molecule has 1 atom stereocenters. The number of hydrogen-bond acceptors (Lipinski definition) is 4. The first kappa shape index (κ1) is 17.8. The maximum atomic E-state index is 10.00. The molecule has 4 heteroatoms. The third kappa shape index (κ3) is 11.0. The Morgan fingerprint density at radius 1 is 1.06 bits per heavy atom. The lowest BCUT2D eigenvalue weighted by Crippen LogP contribution is -2.41. The van der Waals surface area contributed by atoms with Gasteiger partial charge < -0.3 is 15.2 Å². The van der Waals surface area contributed by atoms with Gasteiger partial charge in [0.1, 0.15) is 0 Å². The van der Waals surface area contributed by atoms with Crippen LogP contribution in [-0.4, -0.2) is 62.6 Å². The van der Waals surface area contributed by atoms with Gasteiger partial charge in [-0.05, 0) is 18.4 Å². The fourth-order valence-electron chi connectivity index (χ4n) is 1.90. The Morgan fingerprint density at radius 3 is 2.22 bits per heavy atom. The molecule has 0 aromatic rings. The van der Waals surface area contributed by atoms with Crippen molar-refractivity contribution in [1.29, 1.82) is 0 Å². The molecule has 4 nitrogen and oxygen atoms in total. The van der Waals surface area contributed by atoms with Gasteiger partial charge >= 0.3 is 0 Å². The molecule has 0 spiro atoms. The predicted octanol–water partition coefficient (Wildman–Crippen LogP) is 1.20. The van der Waals surface area contributed by atoms with E-state index in [0.29, 0.717) is 24.9 Å². The van der Waals surface area contributed by atoms with Crippen molar-refractivity contribution in [2.45, 2.75) is 33.8 Å². The van der Waals surface area contributed by atoms with E-state index in [1.807, 2.05) is 0 Å². The normalized spacial score (nSPS) is 13.8. The number of hydrogen-bond donors (Lipinski definition) is 2. The first-order valence-electron chi connectivity index (χ1n) is 7.05. The molecule has 0 saturated carbocycles. The van der Waals surface area contributed by atoms with Gasteiger partial charge in [-0.2, -0.15) is 0 Å². The molecule has 110 valence electrons. The molecule has 0 heterocycles. The molecule has 0 aliphatic carbocycles. The smallest absolute Gasteiger partial charge is 0.0791 e. The van der Waals surface area contributed by atoms with Crippen molar-refractivity contribution in [2.75, 3.05) is 46.4 Å². The molecule has 0 radical (unpaired) electrons. The molecular weight excluding hydrogens is 228 g/mol. The van der Waals surface area contributed by atoms with Gasteiger partial charge in [0.2, 0.25) is 0 Å². The standard InChI is InChI=1S/C14H32N2O2/c1-12(2)8-15-9-14(17)11-16(6-7-18-5)10-13(3)4/h12-15,17H,6-11H2,1-5H3. The minimum atomic E-state index is -0.306. The van der Waals surface area contributed by atoms with Gasteiger partial charge in [0.25, 0.3) is 0 Å². The number of aliphatic hydroxyl groups excluding tert-OH is 1. The number of nitrogens with zero attached hydrogens (tertiary/aromatic N) is 1. The summed E-state index contributed by atoms with van der Waals surface area (Å²) in [5, 5.41) is 13.3. The Labute approximate surface area is 113 Å². The highest BCUT2D eigenvalue weighted by atomic mass is 16.5.